The molecule has 4 aromatic rings. The number of H-pyrrole nitrogens is 1. The van der Waals surface area contributed by atoms with Gasteiger partial charge in [0.2, 0.25) is 0 Å². The lowest BCUT2D eigenvalue weighted by molar-refractivity contribution is 0.0796. The van der Waals surface area contributed by atoms with Gasteiger partial charge in [0.25, 0.3) is 5.91 Å². The molecule has 1 N–H and O–H groups in total. The monoisotopic (exact) mass is 343 g/mol. The van der Waals surface area contributed by atoms with Crippen LogP contribution in [-0.2, 0) is 0 Å². The fourth-order valence-corrected chi connectivity index (χ4v) is 2.93. The van der Waals surface area contributed by atoms with Gasteiger partial charge in [-0.1, -0.05) is 48.5 Å². The number of rotatable bonds is 4. The number of para-hydroxylation sites is 1. The van der Waals surface area contributed by atoms with E-state index in [0.29, 0.717) is 11.5 Å². The lowest BCUT2D eigenvalue weighted by Crippen LogP contribution is -2.22. The number of hydrogen-bond acceptors (Lipinski definition) is 3. The lowest BCUT2D eigenvalue weighted by atomic mass is 10.0. The number of aromatic amines is 1. The summed E-state index contributed by atoms with van der Waals surface area (Å²) >= 11 is 0. The van der Waals surface area contributed by atoms with Crippen LogP contribution in [-0.4, -0.2) is 29.2 Å². The van der Waals surface area contributed by atoms with Crippen molar-refractivity contribution < 1.29 is 9.21 Å². The van der Waals surface area contributed by atoms with Gasteiger partial charge in [0.15, 0.2) is 0 Å². The third-order valence-electron chi connectivity index (χ3n) is 4.18. The van der Waals surface area contributed by atoms with Crippen molar-refractivity contribution in [3.05, 3.63) is 84.4 Å². The molecule has 0 spiro atoms. The van der Waals surface area contributed by atoms with E-state index in [1.54, 1.807) is 25.4 Å². The van der Waals surface area contributed by atoms with E-state index in [0.717, 1.165) is 22.0 Å². The third kappa shape index (κ3) is 2.91. The summed E-state index contributed by atoms with van der Waals surface area (Å²) in [5.74, 6) is 0.368. The van der Waals surface area contributed by atoms with Crippen molar-refractivity contribution in [2.45, 2.75) is 0 Å². The molecular weight excluding hydrogens is 326 g/mol. The molecule has 26 heavy (non-hydrogen) atoms. The molecule has 1 amide bonds. The fourth-order valence-electron chi connectivity index (χ4n) is 2.93. The van der Waals surface area contributed by atoms with Gasteiger partial charge in [-0.2, -0.15) is 5.10 Å². The van der Waals surface area contributed by atoms with Gasteiger partial charge in [-0.15, -0.1) is 0 Å². The van der Waals surface area contributed by atoms with Crippen LogP contribution < -0.4 is 0 Å². The molecule has 0 radical (unpaired) electrons. The molecule has 4 rings (SSSR count). The van der Waals surface area contributed by atoms with Gasteiger partial charge in [0.05, 0.1) is 12.5 Å². The van der Waals surface area contributed by atoms with E-state index < -0.39 is 0 Å². The van der Waals surface area contributed by atoms with E-state index in [2.05, 4.69) is 10.1 Å². The number of furan rings is 1. The molecular formula is C21H17N3O2. The van der Waals surface area contributed by atoms with E-state index in [9.17, 15) is 4.79 Å². The summed E-state index contributed by atoms with van der Waals surface area (Å²) in [6.45, 7) is 0. The van der Waals surface area contributed by atoms with E-state index >= 15 is 0 Å². The first-order valence-electron chi connectivity index (χ1n) is 8.26. The summed E-state index contributed by atoms with van der Waals surface area (Å²) in [5, 5.41) is 6.50. The smallest absolute Gasteiger partial charge is 0.290 e. The van der Waals surface area contributed by atoms with Crippen LogP contribution in [0.25, 0.3) is 22.0 Å². The van der Waals surface area contributed by atoms with Crippen molar-refractivity contribution in [2.24, 2.45) is 5.10 Å². The Hall–Kier alpha value is -3.60. The van der Waals surface area contributed by atoms with E-state index in [-0.39, 0.29) is 5.91 Å². The molecule has 0 saturated heterocycles. The van der Waals surface area contributed by atoms with E-state index in [1.165, 1.54) is 11.2 Å². The maximum atomic E-state index is 13.0. The molecule has 0 bridgehead atoms. The second-order valence-electron chi connectivity index (χ2n) is 5.88. The minimum Gasteiger partial charge on any atom is -0.463 e. The van der Waals surface area contributed by atoms with Gasteiger partial charge in [0.1, 0.15) is 11.5 Å². The lowest BCUT2D eigenvalue weighted by Gasteiger charge is -2.11. The number of fused-ring (bicyclic) bond motifs is 1. The first-order chi connectivity index (χ1) is 12.7. The van der Waals surface area contributed by atoms with Crippen LogP contribution in [0.1, 0.15) is 16.2 Å². The maximum Gasteiger partial charge on any atom is 0.290 e. The van der Waals surface area contributed by atoms with Crippen molar-refractivity contribution in [2.75, 3.05) is 7.05 Å². The zero-order valence-corrected chi connectivity index (χ0v) is 14.2. The minimum absolute atomic E-state index is 0.220. The second kappa shape index (κ2) is 6.72. The van der Waals surface area contributed by atoms with Gasteiger partial charge >= 0.3 is 0 Å². The van der Waals surface area contributed by atoms with Crippen LogP contribution in [0, 0.1) is 0 Å². The Bertz CT molecular complexity index is 1060. The van der Waals surface area contributed by atoms with Gasteiger partial charge in [-0.05, 0) is 23.8 Å². The summed E-state index contributed by atoms with van der Waals surface area (Å²) in [6, 6.07) is 21.3. The van der Waals surface area contributed by atoms with E-state index in [1.807, 2.05) is 54.6 Å². The molecule has 0 aliphatic heterocycles. The van der Waals surface area contributed by atoms with Crippen molar-refractivity contribution in [3.63, 3.8) is 0 Å². The molecule has 0 atom stereocenters. The highest BCUT2D eigenvalue weighted by Crippen LogP contribution is 2.32. The Morgan fingerprint density at radius 3 is 2.58 bits per heavy atom. The number of nitrogens with zero attached hydrogens (tertiary/aromatic N) is 2. The first kappa shape index (κ1) is 15.9. The van der Waals surface area contributed by atoms with Crippen LogP contribution in [0.4, 0.5) is 0 Å². The van der Waals surface area contributed by atoms with Crippen molar-refractivity contribution >= 4 is 23.0 Å². The molecule has 0 aliphatic carbocycles. The summed E-state index contributed by atoms with van der Waals surface area (Å²) in [4.78, 5) is 16.3. The van der Waals surface area contributed by atoms with Crippen LogP contribution in [0.2, 0.25) is 0 Å². The Balaban J connectivity index is 1.77. The number of hydrogen-bond donors (Lipinski definition) is 1. The number of nitrogens with one attached hydrogen (secondary N) is 1. The highest BCUT2D eigenvalue weighted by atomic mass is 16.3. The summed E-state index contributed by atoms with van der Waals surface area (Å²) in [7, 11) is 1.63. The van der Waals surface area contributed by atoms with Crippen LogP contribution >= 0.6 is 0 Å². The quantitative estimate of drug-likeness (QED) is 0.437. The number of carbonyl (C=O) groups is 1. The van der Waals surface area contributed by atoms with Crippen molar-refractivity contribution in [1.29, 1.82) is 0 Å². The number of benzene rings is 2. The molecule has 5 heteroatoms. The highest BCUT2D eigenvalue weighted by Gasteiger charge is 2.21. The average molecular weight is 343 g/mol. The Morgan fingerprint density at radius 1 is 1.04 bits per heavy atom. The fraction of sp³-hybridized carbons (Fsp3) is 0.0476. The predicted molar refractivity (Wildman–Crippen MR) is 102 cm³/mol. The number of amides is 1. The molecule has 2 heterocycles. The molecule has 5 nitrogen and oxygen atoms in total. The molecule has 0 fully saturated rings. The largest absolute Gasteiger partial charge is 0.463 e. The SMILES string of the molecule is CN(/N=C\c1ccco1)C(=O)c1[nH]c2ccccc2c1-c1ccccc1. The van der Waals surface area contributed by atoms with Crippen molar-refractivity contribution in [1.82, 2.24) is 9.99 Å². The Kier molecular flexibility index (Phi) is 4.11. The zero-order valence-electron chi connectivity index (χ0n) is 14.2. The number of carbonyl (C=O) groups excluding carboxylic acids is 1. The molecule has 0 saturated carbocycles. The van der Waals surface area contributed by atoms with Gasteiger partial charge in [-0.25, -0.2) is 5.01 Å². The molecule has 2 aromatic carbocycles. The Morgan fingerprint density at radius 2 is 1.81 bits per heavy atom. The average Bonchev–Trinajstić information content (AvgIpc) is 3.33. The molecule has 0 unspecified atom stereocenters. The maximum absolute atomic E-state index is 13.0. The summed E-state index contributed by atoms with van der Waals surface area (Å²) in [6.07, 6.45) is 3.08. The standard InChI is InChI=1S/C21H17N3O2/c1-24(22-14-16-10-7-13-26-16)21(25)20-19(15-8-3-2-4-9-15)17-11-5-6-12-18(17)23-20/h2-14,23H,1H3/b22-14-. The van der Waals surface area contributed by atoms with Gasteiger partial charge < -0.3 is 9.40 Å². The van der Waals surface area contributed by atoms with Crippen LogP contribution in [0.15, 0.2) is 82.5 Å². The second-order valence-corrected chi connectivity index (χ2v) is 5.88. The van der Waals surface area contributed by atoms with Gasteiger partial charge in [-0.3, -0.25) is 4.79 Å². The molecule has 2 aromatic heterocycles. The zero-order chi connectivity index (χ0) is 17.9. The third-order valence-corrected chi connectivity index (χ3v) is 4.18. The van der Waals surface area contributed by atoms with Crippen LogP contribution in [0.5, 0.6) is 0 Å². The van der Waals surface area contributed by atoms with Gasteiger partial charge in [0, 0.05) is 23.5 Å². The first-order valence-corrected chi connectivity index (χ1v) is 8.26. The van der Waals surface area contributed by atoms with Crippen LogP contribution in [0.3, 0.4) is 0 Å². The Labute approximate surface area is 150 Å². The van der Waals surface area contributed by atoms with E-state index in [4.69, 9.17) is 4.42 Å². The molecule has 0 aliphatic rings. The topological polar surface area (TPSA) is 61.6 Å². The highest BCUT2D eigenvalue weighted by molar-refractivity contribution is 6.09. The normalized spacial score (nSPS) is 11.3. The minimum atomic E-state index is -0.220. The summed E-state index contributed by atoms with van der Waals surface area (Å²) < 4.78 is 5.22. The molecule has 128 valence electrons. The predicted octanol–water partition coefficient (Wildman–Crippen LogP) is 4.53. The number of aromatic nitrogens is 1. The summed E-state index contributed by atoms with van der Waals surface area (Å²) in [5.41, 5.74) is 3.29. The number of hydrazone groups is 1. The van der Waals surface area contributed by atoms with Crippen molar-refractivity contribution in [3.8, 4) is 11.1 Å².